The number of aromatic nitrogens is 1. The molecule has 0 saturated heterocycles. The van der Waals surface area contributed by atoms with Crippen molar-refractivity contribution in [3.05, 3.63) is 28.5 Å². The van der Waals surface area contributed by atoms with Crippen molar-refractivity contribution in [2.45, 2.75) is 6.42 Å². The van der Waals surface area contributed by atoms with Crippen molar-refractivity contribution in [2.75, 3.05) is 12.9 Å². The Morgan fingerprint density at radius 3 is 2.79 bits per heavy atom. The summed E-state index contributed by atoms with van der Waals surface area (Å²) >= 11 is 3.27. The standard InChI is InChI=1S/C8H10BrNO3S/c1-14(11,12)13-3-2-7-4-8(9)6-10-5-7/h4-6H,2-3H2,1H3. The first-order chi connectivity index (χ1) is 6.47. The van der Waals surface area contributed by atoms with Gasteiger partial charge in [0.2, 0.25) is 0 Å². The smallest absolute Gasteiger partial charge is 0.264 e. The maximum absolute atomic E-state index is 10.6. The zero-order chi connectivity index (χ0) is 10.6. The summed E-state index contributed by atoms with van der Waals surface area (Å²) in [5, 5.41) is 0. The first-order valence-electron chi connectivity index (χ1n) is 3.91. The van der Waals surface area contributed by atoms with E-state index in [0.29, 0.717) is 6.42 Å². The van der Waals surface area contributed by atoms with Crippen LogP contribution in [-0.4, -0.2) is 26.3 Å². The van der Waals surface area contributed by atoms with Gasteiger partial charge < -0.3 is 0 Å². The van der Waals surface area contributed by atoms with Crippen molar-refractivity contribution < 1.29 is 12.6 Å². The second kappa shape index (κ2) is 4.86. The van der Waals surface area contributed by atoms with Gasteiger partial charge >= 0.3 is 0 Å². The molecule has 0 aliphatic carbocycles. The third-order valence-corrected chi connectivity index (χ3v) is 2.48. The number of halogens is 1. The molecule has 0 bridgehead atoms. The van der Waals surface area contributed by atoms with Gasteiger partial charge in [-0.2, -0.15) is 8.42 Å². The molecule has 0 saturated carbocycles. The van der Waals surface area contributed by atoms with Gasteiger partial charge in [0.15, 0.2) is 0 Å². The van der Waals surface area contributed by atoms with E-state index >= 15 is 0 Å². The Balaban J connectivity index is 2.47. The molecule has 0 aliphatic rings. The Kier molecular flexibility index (Phi) is 4.03. The highest BCUT2D eigenvalue weighted by Gasteiger charge is 2.01. The van der Waals surface area contributed by atoms with Gasteiger partial charge in [-0.3, -0.25) is 9.17 Å². The summed E-state index contributed by atoms with van der Waals surface area (Å²) in [6.07, 6.45) is 4.91. The number of hydrogen-bond acceptors (Lipinski definition) is 4. The van der Waals surface area contributed by atoms with Crippen LogP contribution in [0.1, 0.15) is 5.56 Å². The van der Waals surface area contributed by atoms with Gasteiger partial charge in [-0.15, -0.1) is 0 Å². The summed E-state index contributed by atoms with van der Waals surface area (Å²) in [6.45, 7) is 0.150. The fourth-order valence-electron chi connectivity index (χ4n) is 0.903. The van der Waals surface area contributed by atoms with Gasteiger partial charge in [0.25, 0.3) is 10.1 Å². The van der Waals surface area contributed by atoms with E-state index in [1.165, 1.54) is 0 Å². The lowest BCUT2D eigenvalue weighted by Crippen LogP contribution is -2.06. The van der Waals surface area contributed by atoms with Crippen LogP contribution < -0.4 is 0 Å². The van der Waals surface area contributed by atoms with E-state index in [-0.39, 0.29) is 6.61 Å². The summed E-state index contributed by atoms with van der Waals surface area (Å²) in [5.74, 6) is 0. The SMILES string of the molecule is CS(=O)(=O)OCCc1cncc(Br)c1. The molecule has 0 fully saturated rings. The predicted molar refractivity (Wildman–Crippen MR) is 56.4 cm³/mol. The van der Waals surface area contributed by atoms with E-state index in [2.05, 4.69) is 25.1 Å². The minimum atomic E-state index is -3.34. The lowest BCUT2D eigenvalue weighted by molar-refractivity contribution is 0.326. The van der Waals surface area contributed by atoms with E-state index in [9.17, 15) is 8.42 Å². The molecular weight excluding hydrogens is 270 g/mol. The van der Waals surface area contributed by atoms with Crippen LogP contribution in [0.5, 0.6) is 0 Å². The fourth-order valence-corrected chi connectivity index (χ4v) is 1.70. The Labute approximate surface area is 91.6 Å². The Morgan fingerprint density at radius 1 is 1.50 bits per heavy atom. The first kappa shape index (κ1) is 11.6. The van der Waals surface area contributed by atoms with Crippen LogP contribution in [-0.2, 0) is 20.7 Å². The second-order valence-electron chi connectivity index (χ2n) is 2.79. The minimum absolute atomic E-state index is 0.150. The summed E-state index contributed by atoms with van der Waals surface area (Å²) in [5.41, 5.74) is 0.933. The highest BCUT2D eigenvalue weighted by atomic mass is 79.9. The first-order valence-corrected chi connectivity index (χ1v) is 6.52. The van der Waals surface area contributed by atoms with Crippen LogP contribution in [0.25, 0.3) is 0 Å². The summed E-state index contributed by atoms with van der Waals surface area (Å²) in [6, 6.07) is 1.87. The van der Waals surface area contributed by atoms with E-state index in [4.69, 9.17) is 0 Å². The van der Waals surface area contributed by atoms with Crippen molar-refractivity contribution >= 4 is 26.0 Å². The molecule has 0 unspecified atom stereocenters. The van der Waals surface area contributed by atoms with Gasteiger partial charge in [-0.05, 0) is 34.0 Å². The number of pyridine rings is 1. The lowest BCUT2D eigenvalue weighted by atomic mass is 10.2. The van der Waals surface area contributed by atoms with Crippen LogP contribution in [0.3, 0.4) is 0 Å². The zero-order valence-electron chi connectivity index (χ0n) is 7.60. The fraction of sp³-hybridized carbons (Fsp3) is 0.375. The molecule has 14 heavy (non-hydrogen) atoms. The van der Waals surface area contributed by atoms with Crippen molar-refractivity contribution in [3.63, 3.8) is 0 Å². The van der Waals surface area contributed by atoms with Crippen molar-refractivity contribution in [1.29, 1.82) is 0 Å². The summed E-state index contributed by atoms with van der Waals surface area (Å²) in [7, 11) is -3.34. The third-order valence-electron chi connectivity index (χ3n) is 1.45. The molecule has 0 aromatic carbocycles. The molecule has 1 aromatic heterocycles. The molecule has 1 rings (SSSR count). The average molecular weight is 280 g/mol. The van der Waals surface area contributed by atoms with Crippen LogP contribution in [0.4, 0.5) is 0 Å². The average Bonchev–Trinajstić information content (AvgIpc) is 2.01. The van der Waals surface area contributed by atoms with Crippen molar-refractivity contribution in [3.8, 4) is 0 Å². The van der Waals surface area contributed by atoms with Gasteiger partial charge in [0, 0.05) is 16.9 Å². The number of hydrogen-bond donors (Lipinski definition) is 0. The highest BCUT2D eigenvalue weighted by molar-refractivity contribution is 9.10. The maximum Gasteiger partial charge on any atom is 0.264 e. The van der Waals surface area contributed by atoms with Gasteiger partial charge in [0.05, 0.1) is 12.9 Å². The Morgan fingerprint density at radius 2 is 2.21 bits per heavy atom. The largest absolute Gasteiger partial charge is 0.270 e. The number of rotatable bonds is 4. The zero-order valence-corrected chi connectivity index (χ0v) is 10.0. The molecule has 1 aromatic rings. The van der Waals surface area contributed by atoms with Crippen LogP contribution in [0.2, 0.25) is 0 Å². The molecule has 4 nitrogen and oxygen atoms in total. The third kappa shape index (κ3) is 4.69. The molecule has 0 atom stereocenters. The minimum Gasteiger partial charge on any atom is -0.270 e. The van der Waals surface area contributed by atoms with Gasteiger partial charge in [-0.1, -0.05) is 0 Å². The van der Waals surface area contributed by atoms with E-state index in [0.717, 1.165) is 16.3 Å². The van der Waals surface area contributed by atoms with Crippen LogP contribution >= 0.6 is 15.9 Å². The van der Waals surface area contributed by atoms with E-state index < -0.39 is 10.1 Å². The Hall–Kier alpha value is -0.460. The quantitative estimate of drug-likeness (QED) is 0.781. The maximum atomic E-state index is 10.6. The molecule has 0 spiro atoms. The molecule has 6 heteroatoms. The lowest BCUT2D eigenvalue weighted by Gasteiger charge is -2.01. The molecule has 78 valence electrons. The monoisotopic (exact) mass is 279 g/mol. The highest BCUT2D eigenvalue weighted by Crippen LogP contribution is 2.10. The predicted octanol–water partition coefficient (Wildman–Crippen LogP) is 1.36. The van der Waals surface area contributed by atoms with Gasteiger partial charge in [0.1, 0.15) is 0 Å². The van der Waals surface area contributed by atoms with Gasteiger partial charge in [-0.25, -0.2) is 0 Å². The summed E-state index contributed by atoms with van der Waals surface area (Å²) < 4.78 is 26.8. The Bertz CT molecular complexity index is 405. The molecular formula is C8H10BrNO3S. The summed E-state index contributed by atoms with van der Waals surface area (Å²) in [4.78, 5) is 3.95. The topological polar surface area (TPSA) is 56.3 Å². The van der Waals surface area contributed by atoms with Crippen molar-refractivity contribution in [2.24, 2.45) is 0 Å². The van der Waals surface area contributed by atoms with E-state index in [1.807, 2.05) is 6.07 Å². The molecule has 0 amide bonds. The molecule has 0 radical (unpaired) electrons. The normalized spacial score (nSPS) is 11.6. The van der Waals surface area contributed by atoms with E-state index in [1.54, 1.807) is 12.4 Å². The second-order valence-corrected chi connectivity index (χ2v) is 5.35. The van der Waals surface area contributed by atoms with Crippen LogP contribution in [0.15, 0.2) is 22.9 Å². The molecule has 1 heterocycles. The number of nitrogens with zero attached hydrogens (tertiary/aromatic N) is 1. The van der Waals surface area contributed by atoms with Crippen molar-refractivity contribution in [1.82, 2.24) is 4.98 Å². The van der Waals surface area contributed by atoms with Crippen LogP contribution in [0, 0.1) is 0 Å². The molecule has 0 aliphatic heterocycles. The molecule has 0 N–H and O–H groups in total.